The molecule has 2 rings (SSSR count). The number of aliphatic hydroxyl groups is 8. The molecule has 2 aliphatic rings. The number of carbonyl (C=O) groups excluding carboxylic acids is 1. The van der Waals surface area contributed by atoms with Crippen LogP contribution in [0.15, 0.2) is 0 Å². The number of hydrogen-bond donors (Lipinski definition) is 9. The van der Waals surface area contributed by atoms with E-state index in [2.05, 4.69) is 19.2 Å². The molecule has 0 aliphatic carbocycles. The summed E-state index contributed by atoms with van der Waals surface area (Å²) < 4.78 is 22.8. The zero-order valence-corrected chi connectivity index (χ0v) is 43.8. The molecular formula is C55H107NO13. The molecule has 0 aromatic heterocycles. The molecule has 2 fully saturated rings. The standard InChI is InChI=1S/C55H107NO13/c1-3-5-7-9-11-13-15-16-17-18-19-20-21-22-23-24-25-26-27-28-29-31-33-35-37-39-47(60)56-43(44(59)38-36-34-32-30-14-12-10-8-6-4-2)42-66-54-52(65)50(63)53(46(41-58)68-54)69-55-51(64)49(62)48(61)45(40-57)67-55/h43-46,48-55,57-59,61-65H,3-42H2,1-2H3,(H,56,60). The number of rotatable bonds is 46. The largest absolute Gasteiger partial charge is 0.394 e. The van der Waals surface area contributed by atoms with Crippen molar-refractivity contribution < 1.29 is 64.6 Å². The second-order valence-electron chi connectivity index (χ2n) is 20.8. The molecule has 14 heteroatoms. The van der Waals surface area contributed by atoms with Gasteiger partial charge in [-0.15, -0.1) is 0 Å². The second-order valence-corrected chi connectivity index (χ2v) is 20.8. The summed E-state index contributed by atoms with van der Waals surface area (Å²) in [6, 6.07) is -0.820. The highest BCUT2D eigenvalue weighted by atomic mass is 16.7. The normalized spacial score (nSPS) is 26.1. The molecule has 0 aromatic rings. The molecule has 0 bridgehead atoms. The van der Waals surface area contributed by atoms with Crippen LogP contribution >= 0.6 is 0 Å². The number of unbranched alkanes of at least 4 members (excludes halogenated alkanes) is 33. The Bertz CT molecular complexity index is 1170. The van der Waals surface area contributed by atoms with E-state index in [-0.39, 0.29) is 12.5 Å². The van der Waals surface area contributed by atoms with Crippen molar-refractivity contribution in [3.05, 3.63) is 0 Å². The lowest BCUT2D eigenvalue weighted by Gasteiger charge is -2.46. The van der Waals surface area contributed by atoms with E-state index in [1.807, 2.05) is 0 Å². The third kappa shape index (κ3) is 28.9. The van der Waals surface area contributed by atoms with E-state index in [1.165, 1.54) is 173 Å². The fourth-order valence-corrected chi connectivity index (χ4v) is 9.89. The highest BCUT2D eigenvalue weighted by molar-refractivity contribution is 5.76. The van der Waals surface area contributed by atoms with Crippen LogP contribution in [0, 0.1) is 0 Å². The third-order valence-electron chi connectivity index (χ3n) is 14.6. The molecule has 12 unspecified atom stereocenters. The zero-order valence-electron chi connectivity index (χ0n) is 43.8. The van der Waals surface area contributed by atoms with E-state index >= 15 is 0 Å². The molecule has 410 valence electrons. The molecule has 0 aromatic carbocycles. The predicted octanol–water partition coefficient (Wildman–Crippen LogP) is 8.95. The number of amides is 1. The van der Waals surface area contributed by atoms with Gasteiger partial charge in [0, 0.05) is 6.42 Å². The Labute approximate surface area is 419 Å². The fraction of sp³-hybridized carbons (Fsp3) is 0.982. The Morgan fingerprint density at radius 1 is 0.464 bits per heavy atom. The molecule has 2 heterocycles. The second kappa shape index (κ2) is 42.4. The first-order valence-corrected chi connectivity index (χ1v) is 28.8. The highest BCUT2D eigenvalue weighted by Crippen LogP contribution is 2.30. The van der Waals surface area contributed by atoms with E-state index in [4.69, 9.17) is 18.9 Å². The lowest BCUT2D eigenvalue weighted by atomic mass is 9.97. The number of hydrogen-bond acceptors (Lipinski definition) is 13. The number of carbonyl (C=O) groups is 1. The predicted molar refractivity (Wildman–Crippen MR) is 272 cm³/mol. The van der Waals surface area contributed by atoms with E-state index < -0.39 is 86.8 Å². The minimum absolute atomic E-state index is 0.203. The Morgan fingerprint density at radius 2 is 0.826 bits per heavy atom. The van der Waals surface area contributed by atoms with Gasteiger partial charge in [-0.3, -0.25) is 4.79 Å². The minimum Gasteiger partial charge on any atom is -0.394 e. The maximum absolute atomic E-state index is 13.2. The van der Waals surface area contributed by atoms with E-state index in [1.54, 1.807) is 0 Å². The van der Waals surface area contributed by atoms with Gasteiger partial charge in [0.2, 0.25) is 5.91 Å². The third-order valence-corrected chi connectivity index (χ3v) is 14.6. The summed E-state index contributed by atoms with van der Waals surface area (Å²) in [6.07, 6.45) is 28.4. The van der Waals surface area contributed by atoms with Crippen LogP contribution in [0.5, 0.6) is 0 Å². The van der Waals surface area contributed by atoms with Gasteiger partial charge in [0.15, 0.2) is 12.6 Å². The molecular weight excluding hydrogens is 883 g/mol. The Kier molecular flexibility index (Phi) is 39.4. The Balaban J connectivity index is 1.68. The maximum atomic E-state index is 13.2. The molecule has 12 atom stereocenters. The summed E-state index contributed by atoms with van der Waals surface area (Å²) >= 11 is 0. The summed E-state index contributed by atoms with van der Waals surface area (Å²) in [4.78, 5) is 13.2. The fourth-order valence-electron chi connectivity index (χ4n) is 9.89. The van der Waals surface area contributed by atoms with Gasteiger partial charge >= 0.3 is 0 Å². The van der Waals surface area contributed by atoms with Gasteiger partial charge in [0.05, 0.1) is 32.0 Å². The SMILES string of the molecule is CCCCCCCCCCCCCCCCCCCCCCCCCCCC(=O)NC(COC1OC(CO)C(OC2OC(CO)C(O)C(O)C2O)C(O)C1O)C(O)CCCCCCCCCCCC. The number of ether oxygens (including phenoxy) is 4. The Morgan fingerprint density at radius 3 is 1.23 bits per heavy atom. The van der Waals surface area contributed by atoms with E-state index in [9.17, 15) is 45.6 Å². The van der Waals surface area contributed by atoms with E-state index in [0.29, 0.717) is 12.8 Å². The summed E-state index contributed by atoms with van der Waals surface area (Å²) in [6.45, 7) is 2.86. The smallest absolute Gasteiger partial charge is 0.220 e. The van der Waals surface area contributed by atoms with Gasteiger partial charge in [-0.25, -0.2) is 0 Å². The summed E-state index contributed by atoms with van der Waals surface area (Å²) in [5.41, 5.74) is 0. The van der Waals surface area contributed by atoms with Crippen LogP contribution < -0.4 is 5.32 Å². The zero-order chi connectivity index (χ0) is 50.3. The van der Waals surface area contributed by atoms with Crippen molar-refractivity contribution in [3.8, 4) is 0 Å². The molecule has 1 amide bonds. The van der Waals surface area contributed by atoms with Gasteiger partial charge in [-0.1, -0.05) is 232 Å². The lowest BCUT2D eigenvalue weighted by Crippen LogP contribution is -2.65. The molecule has 2 saturated heterocycles. The van der Waals surface area contributed by atoms with Crippen molar-refractivity contribution in [2.45, 2.75) is 325 Å². The molecule has 14 nitrogen and oxygen atoms in total. The summed E-state index contributed by atoms with van der Waals surface area (Å²) in [5, 5.41) is 86.9. The topological polar surface area (TPSA) is 228 Å². The molecule has 0 saturated carbocycles. The first-order valence-electron chi connectivity index (χ1n) is 28.8. The van der Waals surface area contributed by atoms with Crippen molar-refractivity contribution in [1.82, 2.24) is 5.32 Å². The highest BCUT2D eigenvalue weighted by Gasteiger charge is 2.51. The van der Waals surface area contributed by atoms with Crippen molar-refractivity contribution in [3.63, 3.8) is 0 Å². The molecule has 0 radical (unpaired) electrons. The molecule has 69 heavy (non-hydrogen) atoms. The quantitative estimate of drug-likeness (QED) is 0.0260. The minimum atomic E-state index is -1.78. The summed E-state index contributed by atoms with van der Waals surface area (Å²) in [5.74, 6) is -0.203. The van der Waals surface area contributed by atoms with Crippen LogP contribution in [-0.4, -0.2) is 140 Å². The van der Waals surface area contributed by atoms with Crippen LogP contribution in [0.25, 0.3) is 0 Å². The van der Waals surface area contributed by atoms with Gasteiger partial charge in [0.25, 0.3) is 0 Å². The van der Waals surface area contributed by atoms with Crippen LogP contribution in [0.2, 0.25) is 0 Å². The van der Waals surface area contributed by atoms with Crippen molar-refractivity contribution in [2.75, 3.05) is 19.8 Å². The van der Waals surface area contributed by atoms with Gasteiger partial charge in [-0.2, -0.15) is 0 Å². The van der Waals surface area contributed by atoms with Gasteiger partial charge in [-0.05, 0) is 12.8 Å². The average Bonchev–Trinajstić information content (AvgIpc) is 3.35. The average molecular weight is 990 g/mol. The lowest BCUT2D eigenvalue weighted by molar-refractivity contribution is -0.359. The van der Waals surface area contributed by atoms with Crippen LogP contribution in [0.3, 0.4) is 0 Å². The van der Waals surface area contributed by atoms with Gasteiger partial charge in [0.1, 0.15) is 48.8 Å². The van der Waals surface area contributed by atoms with Crippen LogP contribution in [0.1, 0.15) is 251 Å². The number of nitrogens with one attached hydrogen (secondary N) is 1. The van der Waals surface area contributed by atoms with Gasteiger partial charge < -0.3 is 65.1 Å². The molecule has 9 N–H and O–H groups in total. The van der Waals surface area contributed by atoms with E-state index in [0.717, 1.165) is 51.4 Å². The summed E-state index contributed by atoms with van der Waals surface area (Å²) in [7, 11) is 0. The molecule has 0 spiro atoms. The first-order chi connectivity index (χ1) is 33.6. The van der Waals surface area contributed by atoms with Crippen molar-refractivity contribution in [1.29, 1.82) is 0 Å². The Hall–Kier alpha value is -1.01. The van der Waals surface area contributed by atoms with Crippen molar-refractivity contribution in [2.24, 2.45) is 0 Å². The maximum Gasteiger partial charge on any atom is 0.220 e. The van der Waals surface area contributed by atoms with Crippen molar-refractivity contribution >= 4 is 5.91 Å². The van der Waals surface area contributed by atoms with Crippen LogP contribution in [-0.2, 0) is 23.7 Å². The molecule has 2 aliphatic heterocycles. The first kappa shape index (κ1) is 64.1. The van der Waals surface area contributed by atoms with Crippen LogP contribution in [0.4, 0.5) is 0 Å². The monoisotopic (exact) mass is 990 g/mol. The number of aliphatic hydroxyl groups excluding tert-OH is 8.